The van der Waals surface area contributed by atoms with Crippen molar-refractivity contribution >= 4 is 0 Å². The maximum Gasteiger partial charge on any atom is 0.106 e. The largest absolute Gasteiger partial charge is 0.336 e. The van der Waals surface area contributed by atoms with Gasteiger partial charge in [-0.3, -0.25) is 0 Å². The molecule has 0 bridgehead atoms. The van der Waals surface area contributed by atoms with Crippen molar-refractivity contribution < 1.29 is 0 Å². The number of imidazole rings is 2. The van der Waals surface area contributed by atoms with Gasteiger partial charge in [-0.15, -0.1) is 0 Å². The van der Waals surface area contributed by atoms with Gasteiger partial charge in [0.05, 0.1) is 12.0 Å². The Morgan fingerprint density at radius 2 is 2.35 bits per heavy atom. The van der Waals surface area contributed by atoms with Crippen LogP contribution in [0.3, 0.4) is 0 Å². The first-order valence-electron chi connectivity index (χ1n) is 6.06. The van der Waals surface area contributed by atoms with E-state index < -0.39 is 0 Å². The third-order valence-electron chi connectivity index (χ3n) is 3.32. The molecule has 0 amide bonds. The highest BCUT2D eigenvalue weighted by Gasteiger charge is 2.17. The Morgan fingerprint density at radius 3 is 3.18 bits per heavy atom. The number of aromatic nitrogens is 4. The number of aryl methyl sites for hydroxylation is 2. The molecule has 90 valence electrons. The van der Waals surface area contributed by atoms with Crippen LogP contribution in [-0.4, -0.2) is 25.6 Å². The molecule has 0 radical (unpaired) electrons. The average Bonchev–Trinajstić information content (AvgIpc) is 2.93. The number of rotatable bonds is 3. The molecule has 3 heterocycles. The van der Waals surface area contributed by atoms with E-state index in [1.54, 1.807) is 0 Å². The molecule has 5 heteroatoms. The summed E-state index contributed by atoms with van der Waals surface area (Å²) in [5.74, 6) is 1.12. The summed E-state index contributed by atoms with van der Waals surface area (Å²) in [6.45, 7) is 5.99. The van der Waals surface area contributed by atoms with Crippen LogP contribution in [0.1, 0.15) is 17.2 Å². The molecule has 2 aromatic heterocycles. The number of nitrogens with zero attached hydrogens (tertiary/aromatic N) is 4. The van der Waals surface area contributed by atoms with Crippen molar-refractivity contribution in [3.63, 3.8) is 0 Å². The second kappa shape index (κ2) is 4.33. The van der Waals surface area contributed by atoms with Crippen molar-refractivity contribution in [1.82, 2.24) is 24.4 Å². The molecule has 0 saturated carbocycles. The lowest BCUT2D eigenvalue weighted by Gasteiger charge is -2.15. The van der Waals surface area contributed by atoms with Gasteiger partial charge >= 0.3 is 0 Å². The van der Waals surface area contributed by atoms with Gasteiger partial charge < -0.3 is 14.5 Å². The third kappa shape index (κ3) is 1.98. The fourth-order valence-corrected chi connectivity index (χ4v) is 2.44. The Bertz CT molecular complexity index is 497. The van der Waals surface area contributed by atoms with Crippen molar-refractivity contribution in [2.45, 2.75) is 33.0 Å². The lowest BCUT2D eigenvalue weighted by Crippen LogP contribution is -2.25. The standard InChI is InChI=1S/C12H17N5/c1-10-15-11-8-13-3-2-12(11)17(10)7-6-16-5-4-14-9-16/h4-5,9,13H,2-3,6-8H2,1H3. The summed E-state index contributed by atoms with van der Waals surface area (Å²) in [6, 6.07) is 0. The molecule has 17 heavy (non-hydrogen) atoms. The van der Waals surface area contributed by atoms with Crippen LogP contribution < -0.4 is 5.32 Å². The minimum Gasteiger partial charge on any atom is -0.336 e. The predicted octanol–water partition coefficient (Wildman–Crippen LogP) is 0.734. The minimum atomic E-state index is 0.911. The molecule has 0 aromatic carbocycles. The summed E-state index contributed by atoms with van der Waals surface area (Å²) in [4.78, 5) is 8.69. The first-order chi connectivity index (χ1) is 8.34. The Labute approximate surface area is 100 Å². The van der Waals surface area contributed by atoms with Gasteiger partial charge in [-0.2, -0.15) is 0 Å². The van der Waals surface area contributed by atoms with Crippen molar-refractivity contribution in [1.29, 1.82) is 0 Å². The van der Waals surface area contributed by atoms with Crippen LogP contribution in [0.5, 0.6) is 0 Å². The van der Waals surface area contributed by atoms with Gasteiger partial charge in [0.1, 0.15) is 5.82 Å². The summed E-state index contributed by atoms with van der Waals surface area (Å²) in [6.07, 6.45) is 6.76. The van der Waals surface area contributed by atoms with Crippen molar-refractivity contribution in [3.05, 3.63) is 35.9 Å². The Kier molecular flexibility index (Phi) is 2.68. The molecule has 1 N–H and O–H groups in total. The molecule has 0 atom stereocenters. The molecule has 3 rings (SSSR count). The summed E-state index contributed by atoms with van der Waals surface area (Å²) in [5, 5.41) is 3.36. The summed E-state index contributed by atoms with van der Waals surface area (Å²) in [7, 11) is 0. The van der Waals surface area contributed by atoms with Crippen LogP contribution in [0.15, 0.2) is 18.7 Å². The normalized spacial score (nSPS) is 14.9. The van der Waals surface area contributed by atoms with Crippen LogP contribution >= 0.6 is 0 Å². The van der Waals surface area contributed by atoms with Crippen LogP contribution in [0.25, 0.3) is 0 Å². The second-order valence-electron chi connectivity index (χ2n) is 4.43. The van der Waals surface area contributed by atoms with Crippen molar-refractivity contribution in [2.24, 2.45) is 0 Å². The van der Waals surface area contributed by atoms with E-state index in [0.29, 0.717) is 0 Å². The Morgan fingerprint density at radius 1 is 1.41 bits per heavy atom. The highest BCUT2D eigenvalue weighted by atomic mass is 15.1. The molecule has 0 spiro atoms. The first kappa shape index (κ1) is 10.5. The maximum absolute atomic E-state index is 4.63. The van der Waals surface area contributed by atoms with Gasteiger partial charge in [0.2, 0.25) is 0 Å². The zero-order valence-electron chi connectivity index (χ0n) is 10.1. The highest BCUT2D eigenvalue weighted by Crippen LogP contribution is 2.15. The fraction of sp³-hybridized carbons (Fsp3) is 0.500. The van der Waals surface area contributed by atoms with E-state index in [1.807, 2.05) is 18.7 Å². The molecule has 1 aliphatic rings. The van der Waals surface area contributed by atoms with E-state index in [-0.39, 0.29) is 0 Å². The number of fused-ring (bicyclic) bond motifs is 1. The van der Waals surface area contributed by atoms with Gasteiger partial charge in [-0.05, 0) is 6.92 Å². The van der Waals surface area contributed by atoms with Gasteiger partial charge in [-0.1, -0.05) is 0 Å². The van der Waals surface area contributed by atoms with Gasteiger partial charge in [0, 0.05) is 50.7 Å². The maximum atomic E-state index is 4.63. The molecule has 1 aliphatic heterocycles. The quantitative estimate of drug-likeness (QED) is 0.847. The second-order valence-corrected chi connectivity index (χ2v) is 4.43. The number of hydrogen-bond donors (Lipinski definition) is 1. The first-order valence-corrected chi connectivity index (χ1v) is 6.06. The zero-order chi connectivity index (χ0) is 11.7. The topological polar surface area (TPSA) is 47.7 Å². The van der Waals surface area contributed by atoms with E-state index in [4.69, 9.17) is 0 Å². The molecular weight excluding hydrogens is 214 g/mol. The molecule has 0 aliphatic carbocycles. The smallest absolute Gasteiger partial charge is 0.106 e. The molecule has 2 aromatic rings. The Balaban J connectivity index is 1.80. The van der Waals surface area contributed by atoms with E-state index in [2.05, 4.69) is 31.3 Å². The lowest BCUT2D eigenvalue weighted by atomic mass is 10.2. The molecule has 0 fully saturated rings. The number of nitrogens with one attached hydrogen (secondary N) is 1. The molecule has 0 saturated heterocycles. The number of hydrogen-bond acceptors (Lipinski definition) is 3. The van der Waals surface area contributed by atoms with Gasteiger partial charge in [0.25, 0.3) is 0 Å². The SMILES string of the molecule is Cc1nc2c(n1CCn1ccnc1)CCNC2. The van der Waals surface area contributed by atoms with Crippen LogP contribution in [-0.2, 0) is 26.1 Å². The summed E-state index contributed by atoms with van der Waals surface area (Å²) in [5.41, 5.74) is 2.63. The van der Waals surface area contributed by atoms with Crippen LogP contribution in [0, 0.1) is 6.92 Å². The van der Waals surface area contributed by atoms with Crippen molar-refractivity contribution in [2.75, 3.05) is 6.54 Å². The lowest BCUT2D eigenvalue weighted by molar-refractivity contribution is 0.533. The van der Waals surface area contributed by atoms with Gasteiger partial charge in [-0.25, -0.2) is 9.97 Å². The summed E-state index contributed by atoms with van der Waals surface area (Å²) < 4.78 is 4.45. The van der Waals surface area contributed by atoms with E-state index >= 15 is 0 Å². The van der Waals surface area contributed by atoms with E-state index in [1.165, 1.54) is 11.4 Å². The predicted molar refractivity (Wildman–Crippen MR) is 64.6 cm³/mol. The Hall–Kier alpha value is -1.62. The van der Waals surface area contributed by atoms with Crippen LogP contribution in [0.2, 0.25) is 0 Å². The zero-order valence-corrected chi connectivity index (χ0v) is 10.1. The fourth-order valence-electron chi connectivity index (χ4n) is 2.44. The summed E-state index contributed by atoms with van der Waals surface area (Å²) >= 11 is 0. The van der Waals surface area contributed by atoms with Crippen molar-refractivity contribution in [3.8, 4) is 0 Å². The monoisotopic (exact) mass is 231 g/mol. The average molecular weight is 231 g/mol. The molecular formula is C12H17N5. The van der Waals surface area contributed by atoms with E-state index in [0.717, 1.165) is 38.4 Å². The highest BCUT2D eigenvalue weighted by molar-refractivity contribution is 5.19. The van der Waals surface area contributed by atoms with Gasteiger partial charge in [0.15, 0.2) is 0 Å². The van der Waals surface area contributed by atoms with E-state index in [9.17, 15) is 0 Å². The molecule has 5 nitrogen and oxygen atoms in total. The third-order valence-corrected chi connectivity index (χ3v) is 3.32. The minimum absolute atomic E-state index is 0.911. The van der Waals surface area contributed by atoms with Crippen LogP contribution in [0.4, 0.5) is 0 Å². The molecule has 0 unspecified atom stereocenters.